The Hall–Kier alpha value is -0.380. The smallest absolute Gasteiger partial charge is 0.0465 e. The lowest BCUT2D eigenvalue weighted by molar-refractivity contribution is 0.114. The van der Waals surface area contributed by atoms with E-state index in [1.807, 2.05) is 11.3 Å². The van der Waals surface area contributed by atoms with Crippen molar-refractivity contribution in [2.24, 2.45) is 5.92 Å². The van der Waals surface area contributed by atoms with E-state index >= 15 is 0 Å². The predicted molar refractivity (Wildman–Crippen MR) is 75.6 cm³/mol. The fourth-order valence-electron chi connectivity index (χ4n) is 2.77. The highest BCUT2D eigenvalue weighted by atomic mass is 32.1. The molecule has 0 radical (unpaired) electrons. The van der Waals surface area contributed by atoms with Gasteiger partial charge in [-0.25, -0.2) is 0 Å². The van der Waals surface area contributed by atoms with E-state index in [1.165, 1.54) is 24.4 Å². The summed E-state index contributed by atoms with van der Waals surface area (Å²) in [6.45, 7) is 10.5. The van der Waals surface area contributed by atoms with Crippen molar-refractivity contribution in [3.8, 4) is 0 Å². The maximum atomic E-state index is 3.60. The molecular formula is C14H24N2S. The molecule has 2 heterocycles. The van der Waals surface area contributed by atoms with Gasteiger partial charge in [-0.2, -0.15) is 0 Å². The third-order valence-corrected chi connectivity index (χ3v) is 4.58. The van der Waals surface area contributed by atoms with Gasteiger partial charge in [-0.15, -0.1) is 11.3 Å². The largest absolute Gasteiger partial charge is 0.311 e. The van der Waals surface area contributed by atoms with Gasteiger partial charge in [-0.1, -0.05) is 26.8 Å². The fourth-order valence-corrected chi connectivity index (χ4v) is 3.80. The second-order valence-corrected chi connectivity index (χ2v) is 6.24. The summed E-state index contributed by atoms with van der Waals surface area (Å²) in [5.74, 6) is 0.684. The molecule has 0 amide bonds. The number of rotatable bonds is 4. The summed E-state index contributed by atoms with van der Waals surface area (Å²) in [4.78, 5) is 4.19. The highest BCUT2D eigenvalue weighted by Crippen LogP contribution is 2.32. The monoisotopic (exact) mass is 252 g/mol. The summed E-state index contributed by atoms with van der Waals surface area (Å²) in [7, 11) is 0. The summed E-state index contributed by atoms with van der Waals surface area (Å²) in [5, 5.41) is 5.80. The van der Waals surface area contributed by atoms with Gasteiger partial charge in [0.05, 0.1) is 0 Å². The number of thiophene rings is 1. The SMILES string of the molecule is CCC1CN(C(c2cccs2)C(C)C)CCN1. The molecule has 3 heteroatoms. The second kappa shape index (κ2) is 5.98. The van der Waals surface area contributed by atoms with E-state index in [2.05, 4.69) is 48.5 Å². The first-order valence-corrected chi connectivity index (χ1v) is 7.61. The molecule has 2 rings (SSSR count). The zero-order chi connectivity index (χ0) is 12.3. The third-order valence-electron chi connectivity index (χ3n) is 3.64. The van der Waals surface area contributed by atoms with Gasteiger partial charge < -0.3 is 5.32 Å². The van der Waals surface area contributed by atoms with Gasteiger partial charge in [0.25, 0.3) is 0 Å². The third kappa shape index (κ3) is 3.09. The van der Waals surface area contributed by atoms with Crippen molar-refractivity contribution in [2.75, 3.05) is 19.6 Å². The fraction of sp³-hybridized carbons (Fsp3) is 0.714. The van der Waals surface area contributed by atoms with Crippen LogP contribution in [0.2, 0.25) is 0 Å². The molecule has 0 spiro atoms. The van der Waals surface area contributed by atoms with Crippen molar-refractivity contribution >= 4 is 11.3 Å². The topological polar surface area (TPSA) is 15.3 Å². The van der Waals surface area contributed by atoms with Crippen molar-refractivity contribution in [1.29, 1.82) is 0 Å². The molecule has 0 aliphatic carbocycles. The molecule has 0 saturated carbocycles. The Morgan fingerprint density at radius 1 is 1.53 bits per heavy atom. The molecule has 1 aliphatic rings. The lowest BCUT2D eigenvalue weighted by Gasteiger charge is -2.40. The van der Waals surface area contributed by atoms with Crippen molar-refractivity contribution in [3.63, 3.8) is 0 Å². The molecule has 2 nitrogen and oxygen atoms in total. The van der Waals surface area contributed by atoms with Crippen LogP contribution in [0.5, 0.6) is 0 Å². The lowest BCUT2D eigenvalue weighted by atomic mass is 9.98. The van der Waals surface area contributed by atoms with Crippen molar-refractivity contribution < 1.29 is 0 Å². The molecule has 0 bridgehead atoms. The van der Waals surface area contributed by atoms with Gasteiger partial charge in [0.15, 0.2) is 0 Å². The van der Waals surface area contributed by atoms with Gasteiger partial charge >= 0.3 is 0 Å². The second-order valence-electron chi connectivity index (χ2n) is 5.26. The minimum atomic E-state index is 0.603. The Bertz CT molecular complexity index is 321. The Balaban J connectivity index is 2.11. The molecule has 17 heavy (non-hydrogen) atoms. The zero-order valence-corrected chi connectivity index (χ0v) is 12.0. The molecule has 1 N–H and O–H groups in total. The van der Waals surface area contributed by atoms with E-state index in [1.54, 1.807) is 0 Å². The normalized spacial score (nSPS) is 24.1. The van der Waals surface area contributed by atoms with Crippen LogP contribution in [-0.2, 0) is 0 Å². The van der Waals surface area contributed by atoms with Crippen molar-refractivity contribution in [1.82, 2.24) is 10.2 Å². The van der Waals surface area contributed by atoms with Gasteiger partial charge in [0.1, 0.15) is 0 Å². The summed E-state index contributed by atoms with van der Waals surface area (Å²) in [6, 6.07) is 5.74. The molecule has 1 saturated heterocycles. The van der Waals surface area contributed by atoms with Gasteiger partial charge in [0.2, 0.25) is 0 Å². The molecule has 0 aromatic carbocycles. The van der Waals surface area contributed by atoms with E-state index in [0.717, 1.165) is 6.54 Å². The summed E-state index contributed by atoms with van der Waals surface area (Å²) >= 11 is 1.90. The first-order valence-electron chi connectivity index (χ1n) is 6.73. The number of piperazine rings is 1. The predicted octanol–water partition coefficient (Wildman–Crippen LogP) is 3.13. The average Bonchev–Trinajstić information content (AvgIpc) is 2.83. The first-order chi connectivity index (χ1) is 8.22. The van der Waals surface area contributed by atoms with E-state index < -0.39 is 0 Å². The molecule has 1 aliphatic heterocycles. The molecule has 1 fully saturated rings. The standard InChI is InChI=1S/C14H24N2S/c1-4-12-10-16(8-7-15-12)14(11(2)3)13-6-5-9-17-13/h5-6,9,11-12,14-15H,4,7-8,10H2,1-3H3. The first kappa shape index (κ1) is 13.1. The number of hydrogen-bond acceptors (Lipinski definition) is 3. The maximum absolute atomic E-state index is 3.60. The van der Waals surface area contributed by atoms with Crippen LogP contribution >= 0.6 is 11.3 Å². The van der Waals surface area contributed by atoms with Gasteiger partial charge in [0, 0.05) is 36.6 Å². The van der Waals surface area contributed by atoms with Crippen LogP contribution in [0.4, 0.5) is 0 Å². The van der Waals surface area contributed by atoms with E-state index in [9.17, 15) is 0 Å². The van der Waals surface area contributed by atoms with Crippen LogP contribution in [0.15, 0.2) is 17.5 Å². The Morgan fingerprint density at radius 2 is 2.35 bits per heavy atom. The molecule has 1 aromatic rings. The van der Waals surface area contributed by atoms with E-state index in [0.29, 0.717) is 18.0 Å². The highest BCUT2D eigenvalue weighted by molar-refractivity contribution is 7.10. The Labute approximate surface area is 109 Å². The minimum Gasteiger partial charge on any atom is -0.311 e. The molecule has 2 atom stereocenters. The lowest BCUT2D eigenvalue weighted by Crippen LogP contribution is -2.52. The zero-order valence-electron chi connectivity index (χ0n) is 11.1. The van der Waals surface area contributed by atoms with Crippen LogP contribution in [-0.4, -0.2) is 30.6 Å². The Morgan fingerprint density at radius 3 is 2.94 bits per heavy atom. The van der Waals surface area contributed by atoms with Crippen LogP contribution < -0.4 is 5.32 Å². The average molecular weight is 252 g/mol. The summed E-state index contributed by atoms with van der Waals surface area (Å²) in [6.07, 6.45) is 1.23. The van der Waals surface area contributed by atoms with Crippen LogP contribution in [0, 0.1) is 5.92 Å². The van der Waals surface area contributed by atoms with Crippen LogP contribution in [0.25, 0.3) is 0 Å². The van der Waals surface area contributed by atoms with Crippen molar-refractivity contribution in [2.45, 2.75) is 39.3 Å². The minimum absolute atomic E-state index is 0.603. The summed E-state index contributed by atoms with van der Waals surface area (Å²) in [5.41, 5.74) is 0. The maximum Gasteiger partial charge on any atom is 0.0465 e. The van der Waals surface area contributed by atoms with E-state index in [-0.39, 0.29) is 0 Å². The van der Waals surface area contributed by atoms with E-state index in [4.69, 9.17) is 0 Å². The quantitative estimate of drug-likeness (QED) is 0.885. The van der Waals surface area contributed by atoms with Gasteiger partial charge in [-0.3, -0.25) is 4.90 Å². The van der Waals surface area contributed by atoms with Crippen LogP contribution in [0.1, 0.15) is 38.1 Å². The van der Waals surface area contributed by atoms with Gasteiger partial charge in [-0.05, 0) is 23.8 Å². The molecule has 1 aromatic heterocycles. The molecule has 96 valence electrons. The number of nitrogens with one attached hydrogen (secondary N) is 1. The number of hydrogen-bond donors (Lipinski definition) is 1. The highest BCUT2D eigenvalue weighted by Gasteiger charge is 2.28. The Kier molecular flexibility index (Phi) is 4.60. The van der Waals surface area contributed by atoms with Crippen LogP contribution in [0.3, 0.4) is 0 Å². The van der Waals surface area contributed by atoms with Crippen molar-refractivity contribution in [3.05, 3.63) is 22.4 Å². The molecular weight excluding hydrogens is 228 g/mol. The summed E-state index contributed by atoms with van der Waals surface area (Å²) < 4.78 is 0. The molecule has 2 unspecified atom stereocenters. The number of nitrogens with zero attached hydrogens (tertiary/aromatic N) is 1.